The smallest absolute Gasteiger partial charge is 0.276 e. The van der Waals surface area contributed by atoms with Crippen LogP contribution in [0.25, 0.3) is 5.69 Å². The highest BCUT2D eigenvalue weighted by molar-refractivity contribution is 9.10. The van der Waals surface area contributed by atoms with Crippen molar-refractivity contribution in [1.82, 2.24) is 9.36 Å². The van der Waals surface area contributed by atoms with Crippen LogP contribution in [0.5, 0.6) is 0 Å². The molecule has 0 radical (unpaired) electrons. The normalized spacial score (nSPS) is 14.0. The summed E-state index contributed by atoms with van der Waals surface area (Å²) in [5.41, 5.74) is 1.60. The highest BCUT2D eigenvalue weighted by Gasteiger charge is 2.33. The lowest BCUT2D eigenvalue weighted by Gasteiger charge is -2.15. The number of hydrogen-bond acceptors (Lipinski definition) is 1. The molecule has 1 aliphatic carbocycles. The molecule has 1 fully saturated rings. The summed E-state index contributed by atoms with van der Waals surface area (Å²) in [6.45, 7) is 0.435. The molecule has 0 amide bonds. The molecule has 0 saturated heterocycles. The number of nitrogens with zero attached hydrogens (tertiary/aromatic N) is 2. The first-order valence-electron chi connectivity index (χ1n) is 8.07. The molecule has 6 heteroatoms. The van der Waals surface area contributed by atoms with E-state index >= 15 is 0 Å². The fourth-order valence-electron chi connectivity index (χ4n) is 3.08. The number of aromatic nitrogens is 2. The highest BCUT2D eigenvalue weighted by atomic mass is 79.9. The first-order valence-corrected chi connectivity index (χ1v) is 8.86. The van der Waals surface area contributed by atoms with Gasteiger partial charge in [-0.3, -0.25) is 9.48 Å². The van der Waals surface area contributed by atoms with Gasteiger partial charge in [0, 0.05) is 12.0 Å². The fraction of sp³-hybridized carbons (Fsp3) is 0.211. The van der Waals surface area contributed by atoms with Crippen molar-refractivity contribution >= 4 is 15.9 Å². The third-order valence-electron chi connectivity index (χ3n) is 4.40. The topological polar surface area (TPSA) is 26.9 Å². The molecule has 1 aromatic heterocycles. The summed E-state index contributed by atoms with van der Waals surface area (Å²) in [5, 5.41) is 0. The minimum absolute atomic E-state index is 0.0509. The number of rotatable bonds is 4. The quantitative estimate of drug-likeness (QED) is 0.623. The molecule has 0 unspecified atom stereocenters. The summed E-state index contributed by atoms with van der Waals surface area (Å²) in [6, 6.07) is 12.9. The molecule has 0 aliphatic heterocycles. The minimum atomic E-state index is -0.760. The van der Waals surface area contributed by atoms with Gasteiger partial charge in [-0.1, -0.05) is 30.3 Å². The molecule has 1 heterocycles. The van der Waals surface area contributed by atoms with Crippen molar-refractivity contribution in [2.45, 2.75) is 25.3 Å². The molecule has 1 aliphatic rings. The SMILES string of the molecule is O=c1c(Br)c(C2CC2)n(Cc2ccccc2)n1-c1ccc(F)cc1F. The molecule has 1 saturated carbocycles. The second-order valence-corrected chi connectivity index (χ2v) is 7.02. The molecule has 2 aromatic carbocycles. The average Bonchev–Trinajstić information content (AvgIpc) is 3.39. The molecule has 25 heavy (non-hydrogen) atoms. The van der Waals surface area contributed by atoms with E-state index in [4.69, 9.17) is 0 Å². The lowest BCUT2D eigenvalue weighted by Crippen LogP contribution is -2.23. The highest BCUT2D eigenvalue weighted by Crippen LogP contribution is 2.43. The molecule has 4 rings (SSSR count). The van der Waals surface area contributed by atoms with Crippen molar-refractivity contribution < 1.29 is 8.78 Å². The van der Waals surface area contributed by atoms with Gasteiger partial charge in [0.2, 0.25) is 0 Å². The summed E-state index contributed by atoms with van der Waals surface area (Å²) in [4.78, 5) is 12.8. The van der Waals surface area contributed by atoms with Crippen LogP contribution in [0.15, 0.2) is 57.8 Å². The Balaban J connectivity index is 1.94. The summed E-state index contributed by atoms with van der Waals surface area (Å²) in [7, 11) is 0. The molecule has 0 bridgehead atoms. The van der Waals surface area contributed by atoms with E-state index in [-0.39, 0.29) is 17.2 Å². The third kappa shape index (κ3) is 2.95. The Bertz CT molecular complexity index is 991. The van der Waals surface area contributed by atoms with Crippen LogP contribution in [0.4, 0.5) is 8.78 Å². The van der Waals surface area contributed by atoms with E-state index in [1.165, 1.54) is 10.7 Å². The third-order valence-corrected chi connectivity index (χ3v) is 5.15. The maximum Gasteiger partial charge on any atom is 0.286 e. The van der Waals surface area contributed by atoms with Crippen LogP contribution in [-0.2, 0) is 6.54 Å². The number of hydrogen-bond donors (Lipinski definition) is 0. The van der Waals surface area contributed by atoms with Gasteiger partial charge in [0.1, 0.15) is 16.0 Å². The molecule has 0 atom stereocenters. The van der Waals surface area contributed by atoms with Gasteiger partial charge in [0.05, 0.1) is 12.2 Å². The monoisotopic (exact) mass is 404 g/mol. The van der Waals surface area contributed by atoms with Crippen LogP contribution in [0.1, 0.15) is 30.0 Å². The standard InChI is InChI=1S/C19H15BrF2N2O/c20-17-18(13-6-7-13)23(11-12-4-2-1-3-5-12)24(19(17)25)16-9-8-14(21)10-15(16)22/h1-5,8-10,13H,6-7,11H2. The van der Waals surface area contributed by atoms with E-state index in [0.29, 0.717) is 11.0 Å². The second-order valence-electron chi connectivity index (χ2n) is 6.23. The van der Waals surface area contributed by atoms with Gasteiger partial charge in [-0.05, 0) is 46.5 Å². The van der Waals surface area contributed by atoms with Crippen LogP contribution in [-0.4, -0.2) is 9.36 Å². The Labute approximate surface area is 151 Å². The second kappa shape index (κ2) is 6.26. The Morgan fingerprint density at radius 1 is 1.08 bits per heavy atom. The van der Waals surface area contributed by atoms with Crippen LogP contribution < -0.4 is 5.56 Å². The predicted molar refractivity (Wildman–Crippen MR) is 95.2 cm³/mol. The van der Waals surface area contributed by atoms with E-state index in [2.05, 4.69) is 15.9 Å². The Morgan fingerprint density at radius 2 is 1.80 bits per heavy atom. The first kappa shape index (κ1) is 16.3. The molecule has 128 valence electrons. The van der Waals surface area contributed by atoms with E-state index in [1.54, 1.807) is 4.68 Å². The number of halogens is 3. The Kier molecular flexibility index (Phi) is 4.07. The Hall–Kier alpha value is -2.21. The van der Waals surface area contributed by atoms with Crippen LogP contribution >= 0.6 is 15.9 Å². The van der Waals surface area contributed by atoms with Gasteiger partial charge < -0.3 is 0 Å². The zero-order valence-corrected chi connectivity index (χ0v) is 14.8. The zero-order valence-electron chi connectivity index (χ0n) is 13.3. The maximum atomic E-state index is 14.4. The van der Waals surface area contributed by atoms with Gasteiger partial charge in [-0.2, -0.15) is 0 Å². The summed E-state index contributed by atoms with van der Waals surface area (Å²) >= 11 is 3.39. The van der Waals surface area contributed by atoms with Crippen molar-refractivity contribution in [3.8, 4) is 5.69 Å². The minimum Gasteiger partial charge on any atom is -0.276 e. The maximum absolute atomic E-state index is 14.4. The van der Waals surface area contributed by atoms with Gasteiger partial charge in [0.15, 0.2) is 5.82 Å². The summed E-state index contributed by atoms with van der Waals surface area (Å²) < 4.78 is 31.2. The van der Waals surface area contributed by atoms with Crippen LogP contribution in [0.3, 0.4) is 0 Å². The van der Waals surface area contributed by atoms with E-state index in [9.17, 15) is 13.6 Å². The van der Waals surface area contributed by atoms with E-state index in [1.807, 2.05) is 30.3 Å². The lowest BCUT2D eigenvalue weighted by atomic mass is 10.2. The molecule has 3 nitrogen and oxygen atoms in total. The molecular weight excluding hydrogens is 390 g/mol. The van der Waals surface area contributed by atoms with Crippen molar-refractivity contribution in [1.29, 1.82) is 0 Å². The number of benzene rings is 2. The van der Waals surface area contributed by atoms with Crippen molar-refractivity contribution in [2.24, 2.45) is 0 Å². The van der Waals surface area contributed by atoms with E-state index < -0.39 is 11.6 Å². The molecular formula is C19H15BrF2N2O. The van der Waals surface area contributed by atoms with Crippen molar-refractivity contribution in [3.63, 3.8) is 0 Å². The van der Waals surface area contributed by atoms with Crippen molar-refractivity contribution in [2.75, 3.05) is 0 Å². The van der Waals surface area contributed by atoms with Gasteiger partial charge in [0.25, 0.3) is 5.56 Å². The van der Waals surface area contributed by atoms with E-state index in [0.717, 1.165) is 36.2 Å². The molecule has 3 aromatic rings. The van der Waals surface area contributed by atoms with Gasteiger partial charge in [-0.25, -0.2) is 13.5 Å². The average molecular weight is 405 g/mol. The van der Waals surface area contributed by atoms with Gasteiger partial charge in [-0.15, -0.1) is 0 Å². The summed E-state index contributed by atoms with van der Waals surface area (Å²) in [6.07, 6.45) is 2.01. The van der Waals surface area contributed by atoms with Crippen LogP contribution in [0.2, 0.25) is 0 Å². The largest absolute Gasteiger partial charge is 0.286 e. The molecule has 0 N–H and O–H groups in total. The van der Waals surface area contributed by atoms with Gasteiger partial charge >= 0.3 is 0 Å². The zero-order chi connectivity index (χ0) is 17.6. The first-order chi connectivity index (χ1) is 12.1. The van der Waals surface area contributed by atoms with Crippen LogP contribution in [0, 0.1) is 11.6 Å². The fourth-order valence-corrected chi connectivity index (χ4v) is 3.78. The summed E-state index contributed by atoms with van der Waals surface area (Å²) in [5.74, 6) is -1.14. The molecule has 0 spiro atoms. The lowest BCUT2D eigenvalue weighted by molar-refractivity contribution is 0.528. The Morgan fingerprint density at radius 3 is 2.44 bits per heavy atom. The predicted octanol–water partition coefficient (Wildman–Crippen LogP) is 4.61. The van der Waals surface area contributed by atoms with Crippen molar-refractivity contribution in [3.05, 3.63) is 86.2 Å².